The van der Waals surface area contributed by atoms with E-state index in [-0.39, 0.29) is 36.0 Å². The maximum Gasteiger partial charge on any atom is 1.00 e. The third-order valence-electron chi connectivity index (χ3n) is 1.96. The molecule has 0 radical (unpaired) electrons. The van der Waals surface area contributed by atoms with Gasteiger partial charge < -0.3 is 6.92 Å². The third-order valence-corrected chi connectivity index (χ3v) is 1.96. The van der Waals surface area contributed by atoms with Gasteiger partial charge in [-0.25, -0.2) is 0 Å². The van der Waals surface area contributed by atoms with Gasteiger partial charge in [0.1, 0.15) is 0 Å². The molecule has 0 heterocycles. The van der Waals surface area contributed by atoms with Crippen LogP contribution in [-0.4, -0.2) is 6.18 Å². The summed E-state index contributed by atoms with van der Waals surface area (Å²) >= 11 is 0. The molecular formula is C10H18F3Na. The monoisotopic (exact) mass is 218 g/mol. The van der Waals surface area contributed by atoms with Crippen LogP contribution in [0.3, 0.4) is 0 Å². The Kier molecular flexibility index (Phi) is 12.7. The first-order valence-electron chi connectivity index (χ1n) is 4.92. The Morgan fingerprint density at radius 3 is 1.64 bits per heavy atom. The first kappa shape index (κ1) is 17.2. The van der Waals surface area contributed by atoms with Crippen LogP contribution >= 0.6 is 0 Å². The summed E-state index contributed by atoms with van der Waals surface area (Å²) in [5, 5.41) is 0. The Labute approximate surface area is 107 Å². The predicted octanol–water partition coefficient (Wildman–Crippen LogP) is 1.51. The van der Waals surface area contributed by atoms with Crippen molar-refractivity contribution in [1.29, 1.82) is 0 Å². The van der Waals surface area contributed by atoms with E-state index in [1.54, 1.807) is 0 Å². The van der Waals surface area contributed by atoms with Crippen molar-refractivity contribution in [3.63, 3.8) is 0 Å². The maximum absolute atomic E-state index is 11.7. The van der Waals surface area contributed by atoms with E-state index in [0.29, 0.717) is 6.42 Å². The quantitative estimate of drug-likeness (QED) is 0.345. The van der Waals surface area contributed by atoms with Crippen molar-refractivity contribution in [2.75, 3.05) is 0 Å². The number of hydrogen-bond donors (Lipinski definition) is 0. The van der Waals surface area contributed by atoms with Gasteiger partial charge in [-0.15, -0.1) is 0 Å². The smallest absolute Gasteiger partial charge is 0.343 e. The summed E-state index contributed by atoms with van der Waals surface area (Å²) in [7, 11) is 0. The minimum atomic E-state index is -3.96. The van der Waals surface area contributed by atoms with Gasteiger partial charge in [-0.05, 0) is 6.42 Å². The van der Waals surface area contributed by atoms with Crippen LogP contribution in [0.2, 0.25) is 0 Å². The zero-order valence-electron chi connectivity index (χ0n) is 9.00. The molecule has 0 saturated carbocycles. The Hall–Kier alpha value is 0.790. The fourth-order valence-corrected chi connectivity index (χ4v) is 1.21. The van der Waals surface area contributed by atoms with E-state index in [1.807, 2.05) is 0 Å². The van der Waals surface area contributed by atoms with E-state index in [9.17, 15) is 13.2 Å². The van der Waals surface area contributed by atoms with E-state index < -0.39 is 12.6 Å². The Morgan fingerprint density at radius 1 is 0.786 bits per heavy atom. The first-order valence-corrected chi connectivity index (χ1v) is 4.92. The van der Waals surface area contributed by atoms with E-state index in [2.05, 4.69) is 6.92 Å². The average Bonchev–Trinajstić information content (AvgIpc) is 2.01. The number of alkyl halides is 3. The van der Waals surface area contributed by atoms with Gasteiger partial charge >= 0.3 is 35.7 Å². The van der Waals surface area contributed by atoms with Gasteiger partial charge in [0.2, 0.25) is 0 Å². The molecule has 0 aromatic carbocycles. The second-order valence-corrected chi connectivity index (χ2v) is 3.34. The molecule has 14 heavy (non-hydrogen) atoms. The normalized spacial score (nSPS) is 11.1. The third kappa shape index (κ3) is 15.3. The summed E-state index contributed by atoms with van der Waals surface area (Å²) in [6.45, 7) is 3.70. The molecule has 0 aromatic rings. The fourth-order valence-electron chi connectivity index (χ4n) is 1.21. The largest absolute Gasteiger partial charge is 1.00 e. The average molecular weight is 218 g/mol. The molecule has 80 valence electrons. The molecule has 0 rings (SSSR count). The van der Waals surface area contributed by atoms with Gasteiger partial charge in [0.25, 0.3) is 0 Å². The molecule has 0 amide bonds. The van der Waals surface area contributed by atoms with Crippen LogP contribution in [0.1, 0.15) is 51.4 Å². The number of hydrogen-bond acceptors (Lipinski definition) is 0. The van der Waals surface area contributed by atoms with Gasteiger partial charge in [0.05, 0.1) is 0 Å². The van der Waals surface area contributed by atoms with Gasteiger partial charge in [-0.1, -0.05) is 32.1 Å². The predicted molar refractivity (Wildman–Crippen MR) is 48.3 cm³/mol. The zero-order chi connectivity index (χ0) is 10.2. The van der Waals surface area contributed by atoms with Crippen LogP contribution in [0.25, 0.3) is 0 Å². The number of rotatable bonds is 7. The molecule has 0 aliphatic carbocycles. The summed E-state index contributed by atoms with van der Waals surface area (Å²) < 4.78 is 35.0. The topological polar surface area (TPSA) is 0 Å². The van der Waals surface area contributed by atoms with Crippen molar-refractivity contribution in [3.8, 4) is 0 Å². The van der Waals surface area contributed by atoms with Gasteiger partial charge in [-0.2, -0.15) is 19.6 Å². The molecule has 0 N–H and O–H groups in total. The van der Waals surface area contributed by atoms with E-state index in [4.69, 9.17) is 0 Å². The maximum atomic E-state index is 11.7. The second-order valence-electron chi connectivity index (χ2n) is 3.34. The van der Waals surface area contributed by atoms with Crippen LogP contribution in [-0.2, 0) is 0 Å². The SMILES string of the molecule is [CH2-]CCCCCCCCC(F)(F)F.[Na+]. The molecule has 0 bridgehead atoms. The molecule has 4 heteroatoms. The fraction of sp³-hybridized carbons (Fsp3) is 0.900. The Morgan fingerprint density at radius 2 is 1.21 bits per heavy atom. The van der Waals surface area contributed by atoms with Crippen molar-refractivity contribution in [2.24, 2.45) is 0 Å². The Bertz CT molecular complexity index is 112. The number of unbranched alkanes of at least 4 members (excludes halogenated alkanes) is 6. The molecule has 0 unspecified atom stereocenters. The van der Waals surface area contributed by atoms with Crippen LogP contribution in [0.4, 0.5) is 13.2 Å². The molecular weight excluding hydrogens is 200 g/mol. The molecule has 0 aliphatic rings. The summed E-state index contributed by atoms with van der Waals surface area (Å²) in [6.07, 6.45) is 1.51. The summed E-state index contributed by atoms with van der Waals surface area (Å²) in [6, 6.07) is 0. The summed E-state index contributed by atoms with van der Waals surface area (Å²) in [4.78, 5) is 0. The van der Waals surface area contributed by atoms with Crippen molar-refractivity contribution in [1.82, 2.24) is 0 Å². The van der Waals surface area contributed by atoms with Crippen molar-refractivity contribution in [3.05, 3.63) is 6.92 Å². The zero-order valence-corrected chi connectivity index (χ0v) is 11.0. The first-order chi connectivity index (χ1) is 6.06. The van der Waals surface area contributed by atoms with Gasteiger partial charge in [0.15, 0.2) is 0 Å². The molecule has 0 saturated heterocycles. The molecule has 0 aliphatic heterocycles. The van der Waals surface area contributed by atoms with Crippen LogP contribution in [0.15, 0.2) is 0 Å². The minimum absolute atomic E-state index is 0. The van der Waals surface area contributed by atoms with Crippen LogP contribution in [0.5, 0.6) is 0 Å². The Balaban J connectivity index is 0. The minimum Gasteiger partial charge on any atom is -0.343 e. The molecule has 0 nitrogen and oxygen atoms in total. The van der Waals surface area contributed by atoms with Crippen LogP contribution < -0.4 is 29.6 Å². The number of halogens is 3. The summed E-state index contributed by atoms with van der Waals surface area (Å²) in [5.41, 5.74) is 0. The second kappa shape index (κ2) is 10.3. The molecule has 0 fully saturated rings. The van der Waals surface area contributed by atoms with Gasteiger partial charge in [-0.3, -0.25) is 0 Å². The van der Waals surface area contributed by atoms with Crippen LogP contribution in [0, 0.1) is 6.92 Å². The van der Waals surface area contributed by atoms with Crippen molar-refractivity contribution >= 4 is 0 Å². The van der Waals surface area contributed by atoms with E-state index >= 15 is 0 Å². The summed E-state index contributed by atoms with van der Waals surface area (Å²) in [5.74, 6) is 0. The molecule has 0 spiro atoms. The standard InChI is InChI=1S/C10H18F3.Na/c1-2-3-4-5-6-7-8-9-10(11,12)13;/h1-9H2;/q-1;+1. The van der Waals surface area contributed by atoms with E-state index in [0.717, 1.165) is 32.1 Å². The van der Waals surface area contributed by atoms with Gasteiger partial charge in [0, 0.05) is 6.42 Å². The molecule has 0 aromatic heterocycles. The molecule has 0 atom stereocenters. The van der Waals surface area contributed by atoms with Crippen molar-refractivity contribution in [2.45, 2.75) is 57.5 Å². The van der Waals surface area contributed by atoms with E-state index in [1.165, 1.54) is 0 Å². The van der Waals surface area contributed by atoms with Crippen molar-refractivity contribution < 1.29 is 42.7 Å².